The Kier molecular flexibility index (Phi) is 7.87. The van der Waals surface area contributed by atoms with Crippen molar-refractivity contribution in [2.45, 2.75) is 40.7 Å². The monoisotopic (exact) mass is 404 g/mol. The van der Waals surface area contributed by atoms with Crippen molar-refractivity contribution in [3.63, 3.8) is 0 Å². The molecule has 0 atom stereocenters. The minimum atomic E-state index is -0.0762. The van der Waals surface area contributed by atoms with Gasteiger partial charge < -0.3 is 16.0 Å². The molecule has 1 aromatic carbocycles. The number of halogens is 1. The first-order valence-corrected chi connectivity index (χ1v) is 9.77. The van der Waals surface area contributed by atoms with E-state index in [0.717, 1.165) is 34.7 Å². The average molecular weight is 405 g/mol. The summed E-state index contributed by atoms with van der Waals surface area (Å²) in [6, 6.07) is 5.47. The van der Waals surface area contributed by atoms with Crippen molar-refractivity contribution in [1.29, 1.82) is 0 Å². The fraction of sp³-hybridized carbons (Fsp3) is 0.450. The minimum Gasteiger partial charge on any atom is -0.357 e. The molecule has 0 unspecified atom stereocenters. The van der Waals surface area contributed by atoms with Gasteiger partial charge in [-0.1, -0.05) is 17.7 Å². The molecule has 0 aliphatic heterocycles. The molecular weight excluding hydrogens is 376 g/mol. The smallest absolute Gasteiger partial charge is 0.226 e. The number of carbonyl (C=O) groups is 1. The van der Waals surface area contributed by atoms with Gasteiger partial charge in [-0.3, -0.25) is 9.48 Å². The number of anilines is 1. The third-order valence-electron chi connectivity index (χ3n) is 4.58. The number of amides is 1. The van der Waals surface area contributed by atoms with E-state index < -0.39 is 0 Å². The molecule has 0 aliphatic carbocycles. The number of guanidine groups is 1. The van der Waals surface area contributed by atoms with Gasteiger partial charge in [0.2, 0.25) is 5.91 Å². The highest BCUT2D eigenvalue weighted by molar-refractivity contribution is 6.31. The molecule has 28 heavy (non-hydrogen) atoms. The van der Waals surface area contributed by atoms with Crippen LogP contribution in [0.5, 0.6) is 0 Å². The highest BCUT2D eigenvalue weighted by Gasteiger charge is 2.10. The maximum atomic E-state index is 12.2. The molecule has 2 rings (SSSR count). The van der Waals surface area contributed by atoms with E-state index in [1.54, 1.807) is 6.07 Å². The minimum absolute atomic E-state index is 0.0762. The van der Waals surface area contributed by atoms with E-state index in [2.05, 4.69) is 26.0 Å². The first-order chi connectivity index (χ1) is 13.3. The van der Waals surface area contributed by atoms with E-state index >= 15 is 0 Å². The molecule has 1 aromatic heterocycles. The van der Waals surface area contributed by atoms with Crippen LogP contribution in [-0.2, 0) is 18.4 Å². The number of aryl methyl sites for hydroxylation is 2. The quantitative estimate of drug-likeness (QED) is 0.489. The number of carbonyl (C=O) groups excluding carboxylic acids is 1. The number of nitrogens with zero attached hydrogens (tertiary/aromatic N) is 3. The van der Waals surface area contributed by atoms with Crippen molar-refractivity contribution in [1.82, 2.24) is 20.4 Å². The molecule has 1 amide bonds. The summed E-state index contributed by atoms with van der Waals surface area (Å²) in [7, 11) is 1.93. The Hall–Kier alpha value is -2.54. The van der Waals surface area contributed by atoms with Gasteiger partial charge in [0.25, 0.3) is 0 Å². The van der Waals surface area contributed by atoms with Crippen molar-refractivity contribution < 1.29 is 4.79 Å². The highest BCUT2D eigenvalue weighted by Crippen LogP contribution is 2.22. The van der Waals surface area contributed by atoms with Crippen LogP contribution in [0.4, 0.5) is 5.69 Å². The third kappa shape index (κ3) is 5.73. The lowest BCUT2D eigenvalue weighted by Crippen LogP contribution is -2.38. The van der Waals surface area contributed by atoms with Crippen molar-refractivity contribution in [3.05, 3.63) is 45.7 Å². The summed E-state index contributed by atoms with van der Waals surface area (Å²) >= 11 is 6.09. The molecule has 0 spiro atoms. The Morgan fingerprint density at radius 2 is 2.00 bits per heavy atom. The Morgan fingerprint density at radius 3 is 2.64 bits per heavy atom. The lowest BCUT2D eigenvalue weighted by molar-refractivity contribution is -0.116. The SMILES string of the molecule is CCNC(=NCc1c(C)nn(C)c1C)NCCC(=O)Nc1cccc(Cl)c1C. The molecule has 0 bridgehead atoms. The zero-order valence-electron chi connectivity index (χ0n) is 17.2. The fourth-order valence-corrected chi connectivity index (χ4v) is 2.97. The van der Waals surface area contributed by atoms with Crippen LogP contribution in [0.1, 0.15) is 35.9 Å². The molecule has 0 radical (unpaired) electrons. The molecule has 8 heteroatoms. The molecule has 0 saturated heterocycles. The summed E-state index contributed by atoms with van der Waals surface area (Å²) in [6.07, 6.45) is 0.321. The van der Waals surface area contributed by atoms with Gasteiger partial charge in [0.15, 0.2) is 5.96 Å². The summed E-state index contributed by atoms with van der Waals surface area (Å²) in [5.41, 5.74) is 4.81. The number of aliphatic imine (C=N–C) groups is 1. The molecule has 7 nitrogen and oxygen atoms in total. The van der Waals surface area contributed by atoms with Crippen molar-refractivity contribution in [2.24, 2.45) is 12.0 Å². The number of hydrogen-bond donors (Lipinski definition) is 3. The van der Waals surface area contributed by atoms with Crippen LogP contribution in [0.3, 0.4) is 0 Å². The van der Waals surface area contributed by atoms with Gasteiger partial charge in [-0.25, -0.2) is 4.99 Å². The average Bonchev–Trinajstić information content (AvgIpc) is 2.89. The number of rotatable bonds is 7. The second-order valence-corrected chi connectivity index (χ2v) is 7.01. The van der Waals surface area contributed by atoms with Gasteiger partial charge in [-0.2, -0.15) is 5.10 Å². The molecule has 0 aliphatic rings. The summed E-state index contributed by atoms with van der Waals surface area (Å²) < 4.78 is 1.86. The first kappa shape index (κ1) is 21.8. The molecule has 1 heterocycles. The molecule has 0 saturated carbocycles. The van der Waals surface area contributed by atoms with E-state index in [1.807, 2.05) is 51.6 Å². The number of benzene rings is 1. The van der Waals surface area contributed by atoms with E-state index in [-0.39, 0.29) is 5.91 Å². The van der Waals surface area contributed by atoms with E-state index in [1.165, 1.54) is 0 Å². The second kappa shape index (κ2) is 10.1. The van der Waals surface area contributed by atoms with Crippen LogP contribution < -0.4 is 16.0 Å². The van der Waals surface area contributed by atoms with Crippen molar-refractivity contribution in [3.8, 4) is 0 Å². The van der Waals surface area contributed by atoms with E-state index in [9.17, 15) is 4.79 Å². The Labute approximate surface area is 171 Å². The van der Waals surface area contributed by atoms with Gasteiger partial charge in [0, 0.05) is 48.5 Å². The maximum absolute atomic E-state index is 12.2. The zero-order valence-corrected chi connectivity index (χ0v) is 17.9. The lowest BCUT2D eigenvalue weighted by atomic mass is 10.2. The van der Waals surface area contributed by atoms with Gasteiger partial charge in [-0.15, -0.1) is 0 Å². The molecule has 0 fully saturated rings. The first-order valence-electron chi connectivity index (χ1n) is 9.39. The standard InChI is InChI=1S/C20H29ClN6O/c1-6-22-20(24-12-16-14(3)26-27(5)15(16)4)23-11-10-19(28)25-18-9-7-8-17(21)13(18)2/h7-9H,6,10-12H2,1-5H3,(H,25,28)(H2,22,23,24). The van der Waals surface area contributed by atoms with Crippen LogP contribution in [0.25, 0.3) is 0 Å². The van der Waals surface area contributed by atoms with Gasteiger partial charge in [0.05, 0.1) is 12.2 Å². The van der Waals surface area contributed by atoms with E-state index in [0.29, 0.717) is 30.5 Å². The Balaban J connectivity index is 1.90. The van der Waals surface area contributed by atoms with E-state index in [4.69, 9.17) is 11.6 Å². The van der Waals surface area contributed by atoms with Gasteiger partial charge in [0.1, 0.15) is 0 Å². The lowest BCUT2D eigenvalue weighted by Gasteiger charge is -2.12. The van der Waals surface area contributed by atoms with Crippen molar-refractivity contribution >= 4 is 29.2 Å². The molecule has 2 aromatic rings. The zero-order chi connectivity index (χ0) is 20.7. The van der Waals surface area contributed by atoms with Crippen LogP contribution in [0.2, 0.25) is 5.02 Å². The molecule has 3 N–H and O–H groups in total. The number of nitrogens with one attached hydrogen (secondary N) is 3. The predicted octanol–water partition coefficient (Wildman–Crippen LogP) is 3.08. The molecular formula is C20H29ClN6O. The van der Waals surface area contributed by atoms with Crippen LogP contribution in [0.15, 0.2) is 23.2 Å². The van der Waals surface area contributed by atoms with Gasteiger partial charge >= 0.3 is 0 Å². The number of hydrogen-bond acceptors (Lipinski definition) is 3. The largest absolute Gasteiger partial charge is 0.357 e. The summed E-state index contributed by atoms with van der Waals surface area (Å²) in [5.74, 6) is 0.601. The topological polar surface area (TPSA) is 83.3 Å². The summed E-state index contributed by atoms with van der Waals surface area (Å²) in [5, 5.41) is 14.4. The Bertz CT molecular complexity index is 859. The maximum Gasteiger partial charge on any atom is 0.226 e. The normalized spacial score (nSPS) is 11.4. The van der Waals surface area contributed by atoms with Crippen LogP contribution in [0, 0.1) is 20.8 Å². The van der Waals surface area contributed by atoms with Gasteiger partial charge in [-0.05, 0) is 45.4 Å². The van der Waals surface area contributed by atoms with Crippen LogP contribution >= 0.6 is 11.6 Å². The fourth-order valence-electron chi connectivity index (χ4n) is 2.80. The second-order valence-electron chi connectivity index (χ2n) is 6.61. The highest BCUT2D eigenvalue weighted by atomic mass is 35.5. The summed E-state index contributed by atoms with van der Waals surface area (Å²) in [6.45, 7) is 9.66. The predicted molar refractivity (Wildman–Crippen MR) is 115 cm³/mol. The Morgan fingerprint density at radius 1 is 1.25 bits per heavy atom. The van der Waals surface area contributed by atoms with Crippen LogP contribution in [-0.4, -0.2) is 34.7 Å². The molecule has 152 valence electrons. The number of aromatic nitrogens is 2. The van der Waals surface area contributed by atoms with Crippen molar-refractivity contribution in [2.75, 3.05) is 18.4 Å². The summed E-state index contributed by atoms with van der Waals surface area (Å²) in [4.78, 5) is 16.8. The third-order valence-corrected chi connectivity index (χ3v) is 4.99.